The minimum atomic E-state index is -1.06. The van der Waals surface area contributed by atoms with Gasteiger partial charge in [0, 0.05) is 0 Å². The zero-order valence-electron chi connectivity index (χ0n) is 10.4. The van der Waals surface area contributed by atoms with Gasteiger partial charge in [-0.25, -0.2) is 0 Å². The molecule has 1 saturated carbocycles. The van der Waals surface area contributed by atoms with Crippen LogP contribution in [0.2, 0.25) is 0 Å². The van der Waals surface area contributed by atoms with Crippen LogP contribution in [0.5, 0.6) is 0 Å². The number of carboxylic acid groups (broad SMARTS) is 2. The van der Waals surface area contributed by atoms with Crippen molar-refractivity contribution in [2.24, 2.45) is 11.8 Å². The second-order valence-corrected chi connectivity index (χ2v) is 4.78. The van der Waals surface area contributed by atoms with E-state index in [9.17, 15) is 9.59 Å². The molecule has 0 heterocycles. The minimum absolute atomic E-state index is 0.263. The predicted molar refractivity (Wildman–Crippen MR) is 66.5 cm³/mol. The Kier molecular flexibility index (Phi) is 4.16. The Labute approximate surface area is 110 Å². The van der Waals surface area contributed by atoms with E-state index >= 15 is 0 Å². The molecule has 0 spiro atoms. The van der Waals surface area contributed by atoms with Crippen LogP contribution in [0.15, 0.2) is 30.3 Å². The first kappa shape index (κ1) is 13.5. The van der Waals surface area contributed by atoms with E-state index in [0.29, 0.717) is 6.61 Å². The van der Waals surface area contributed by atoms with Crippen molar-refractivity contribution < 1.29 is 24.5 Å². The molecule has 19 heavy (non-hydrogen) atoms. The molecule has 1 aliphatic carbocycles. The molecule has 102 valence electrons. The summed E-state index contributed by atoms with van der Waals surface area (Å²) < 4.78 is 5.62. The predicted octanol–water partition coefficient (Wildman–Crippen LogP) is 1.77. The van der Waals surface area contributed by atoms with Gasteiger partial charge >= 0.3 is 11.9 Å². The fourth-order valence-electron chi connectivity index (χ4n) is 2.46. The molecule has 1 aromatic rings. The number of aliphatic carboxylic acids is 2. The summed E-state index contributed by atoms with van der Waals surface area (Å²) in [7, 11) is 0. The van der Waals surface area contributed by atoms with Crippen molar-refractivity contribution >= 4 is 11.9 Å². The summed E-state index contributed by atoms with van der Waals surface area (Å²) in [4.78, 5) is 22.0. The summed E-state index contributed by atoms with van der Waals surface area (Å²) >= 11 is 0. The van der Waals surface area contributed by atoms with Gasteiger partial charge in [0.25, 0.3) is 0 Å². The molecule has 0 saturated heterocycles. The SMILES string of the molecule is O=C(O)C1CC(OCc2ccccc2)CC1C(=O)O. The molecule has 1 fully saturated rings. The molecule has 1 aromatic carbocycles. The van der Waals surface area contributed by atoms with E-state index in [-0.39, 0.29) is 18.9 Å². The van der Waals surface area contributed by atoms with Gasteiger partial charge in [-0.05, 0) is 18.4 Å². The summed E-state index contributed by atoms with van der Waals surface area (Å²) in [5.41, 5.74) is 0.994. The number of carboxylic acids is 2. The van der Waals surface area contributed by atoms with Gasteiger partial charge in [-0.3, -0.25) is 9.59 Å². The molecule has 5 heteroatoms. The monoisotopic (exact) mass is 264 g/mol. The first-order chi connectivity index (χ1) is 9.08. The van der Waals surface area contributed by atoms with Gasteiger partial charge in [-0.2, -0.15) is 0 Å². The van der Waals surface area contributed by atoms with Crippen molar-refractivity contribution in [3.05, 3.63) is 35.9 Å². The number of hydrogen-bond donors (Lipinski definition) is 2. The first-order valence-corrected chi connectivity index (χ1v) is 6.19. The summed E-state index contributed by atoms with van der Waals surface area (Å²) in [5.74, 6) is -3.81. The molecule has 0 aromatic heterocycles. The van der Waals surface area contributed by atoms with Gasteiger partial charge in [-0.15, -0.1) is 0 Å². The van der Waals surface area contributed by atoms with Gasteiger partial charge in [-0.1, -0.05) is 30.3 Å². The average molecular weight is 264 g/mol. The second kappa shape index (κ2) is 5.84. The lowest BCUT2D eigenvalue weighted by Gasteiger charge is -2.11. The van der Waals surface area contributed by atoms with E-state index in [4.69, 9.17) is 14.9 Å². The van der Waals surface area contributed by atoms with Gasteiger partial charge in [0.1, 0.15) is 0 Å². The zero-order valence-corrected chi connectivity index (χ0v) is 10.4. The number of benzene rings is 1. The normalized spacial score (nSPS) is 26.2. The Bertz CT molecular complexity index is 434. The number of hydrogen-bond acceptors (Lipinski definition) is 3. The summed E-state index contributed by atoms with van der Waals surface area (Å²) in [6, 6.07) is 9.53. The lowest BCUT2D eigenvalue weighted by atomic mass is 9.97. The van der Waals surface area contributed by atoms with Gasteiger partial charge < -0.3 is 14.9 Å². The maximum Gasteiger partial charge on any atom is 0.307 e. The third-order valence-electron chi connectivity index (χ3n) is 3.48. The highest BCUT2D eigenvalue weighted by Gasteiger charge is 2.43. The van der Waals surface area contributed by atoms with E-state index in [0.717, 1.165) is 5.56 Å². The van der Waals surface area contributed by atoms with Crippen LogP contribution in [0.4, 0.5) is 0 Å². The Hall–Kier alpha value is -1.88. The van der Waals surface area contributed by atoms with Crippen molar-refractivity contribution in [3.8, 4) is 0 Å². The summed E-state index contributed by atoms with van der Waals surface area (Å²) in [6.45, 7) is 0.379. The molecule has 0 aliphatic heterocycles. The lowest BCUT2D eigenvalue weighted by Crippen LogP contribution is -2.24. The highest BCUT2D eigenvalue weighted by molar-refractivity contribution is 5.80. The molecular formula is C14H16O5. The summed E-state index contributed by atoms with van der Waals surface area (Å²) in [5, 5.41) is 18.0. The fourth-order valence-corrected chi connectivity index (χ4v) is 2.46. The Morgan fingerprint density at radius 3 is 2.05 bits per heavy atom. The number of ether oxygens (including phenoxy) is 1. The number of carbonyl (C=O) groups is 2. The second-order valence-electron chi connectivity index (χ2n) is 4.78. The van der Waals surface area contributed by atoms with Crippen molar-refractivity contribution in [1.82, 2.24) is 0 Å². The van der Waals surface area contributed by atoms with Crippen molar-refractivity contribution in [3.63, 3.8) is 0 Å². The third kappa shape index (κ3) is 3.32. The molecular weight excluding hydrogens is 248 g/mol. The smallest absolute Gasteiger partial charge is 0.307 e. The molecule has 5 nitrogen and oxygen atoms in total. The molecule has 2 unspecified atom stereocenters. The fraction of sp³-hybridized carbons (Fsp3) is 0.429. The third-order valence-corrected chi connectivity index (χ3v) is 3.48. The van der Waals surface area contributed by atoms with Crippen LogP contribution in [-0.4, -0.2) is 28.3 Å². The van der Waals surface area contributed by atoms with Crippen LogP contribution < -0.4 is 0 Å². The summed E-state index contributed by atoms with van der Waals surface area (Å²) in [6.07, 6.45) is 0.223. The maximum atomic E-state index is 11.0. The largest absolute Gasteiger partial charge is 0.481 e. The Balaban J connectivity index is 1.93. The van der Waals surface area contributed by atoms with E-state index in [1.807, 2.05) is 30.3 Å². The molecule has 2 N–H and O–H groups in total. The van der Waals surface area contributed by atoms with Crippen LogP contribution in [0.1, 0.15) is 18.4 Å². The molecule has 0 bridgehead atoms. The van der Waals surface area contributed by atoms with Crippen LogP contribution in [0.3, 0.4) is 0 Å². The molecule has 2 rings (SSSR count). The van der Waals surface area contributed by atoms with E-state index in [2.05, 4.69) is 0 Å². The molecule has 0 amide bonds. The van der Waals surface area contributed by atoms with Gasteiger partial charge in [0.05, 0.1) is 24.5 Å². The van der Waals surface area contributed by atoms with Gasteiger partial charge in [0.15, 0.2) is 0 Å². The molecule has 2 atom stereocenters. The maximum absolute atomic E-state index is 11.0. The minimum Gasteiger partial charge on any atom is -0.481 e. The standard InChI is InChI=1S/C14H16O5/c15-13(16)11-6-10(7-12(11)14(17)18)19-8-9-4-2-1-3-5-9/h1-5,10-12H,6-8H2,(H,15,16)(H,17,18). The molecule has 0 radical (unpaired) electrons. The topological polar surface area (TPSA) is 83.8 Å². The highest BCUT2D eigenvalue weighted by atomic mass is 16.5. The van der Waals surface area contributed by atoms with Crippen LogP contribution in [0, 0.1) is 11.8 Å². The quantitative estimate of drug-likeness (QED) is 0.846. The van der Waals surface area contributed by atoms with E-state index in [1.165, 1.54) is 0 Å². The Morgan fingerprint density at radius 1 is 1.05 bits per heavy atom. The van der Waals surface area contributed by atoms with Crippen LogP contribution in [0.25, 0.3) is 0 Å². The van der Waals surface area contributed by atoms with Crippen molar-refractivity contribution in [2.75, 3.05) is 0 Å². The van der Waals surface area contributed by atoms with E-state index in [1.54, 1.807) is 0 Å². The van der Waals surface area contributed by atoms with Crippen LogP contribution >= 0.6 is 0 Å². The first-order valence-electron chi connectivity index (χ1n) is 6.19. The average Bonchev–Trinajstić information content (AvgIpc) is 2.82. The van der Waals surface area contributed by atoms with Crippen molar-refractivity contribution in [2.45, 2.75) is 25.6 Å². The van der Waals surface area contributed by atoms with Crippen molar-refractivity contribution in [1.29, 1.82) is 0 Å². The lowest BCUT2D eigenvalue weighted by molar-refractivity contribution is -0.152. The molecule has 1 aliphatic rings. The zero-order chi connectivity index (χ0) is 13.8. The number of rotatable bonds is 5. The van der Waals surface area contributed by atoms with Gasteiger partial charge in [0.2, 0.25) is 0 Å². The van der Waals surface area contributed by atoms with Crippen LogP contribution in [-0.2, 0) is 20.9 Å². The Morgan fingerprint density at radius 2 is 1.58 bits per heavy atom. The van der Waals surface area contributed by atoms with E-state index < -0.39 is 23.8 Å². The highest BCUT2D eigenvalue weighted by Crippen LogP contribution is 2.34.